The normalized spacial score (nSPS) is 14.5. The highest BCUT2D eigenvalue weighted by Gasteiger charge is 2.21. The Labute approximate surface area is 115 Å². The summed E-state index contributed by atoms with van der Waals surface area (Å²) < 4.78 is 0. The zero-order chi connectivity index (χ0) is 13.6. The van der Waals surface area contributed by atoms with Gasteiger partial charge in [0.05, 0.1) is 5.60 Å². The second-order valence-corrected chi connectivity index (χ2v) is 5.68. The number of hydrogen-bond donors (Lipinski definition) is 2. The van der Waals surface area contributed by atoms with Gasteiger partial charge in [0.25, 0.3) is 0 Å². The minimum absolute atomic E-state index is 0.597. The molecule has 0 heterocycles. The van der Waals surface area contributed by atoms with Crippen LogP contribution in [-0.4, -0.2) is 23.8 Å². The number of benzene rings is 1. The van der Waals surface area contributed by atoms with Crippen LogP contribution in [0.5, 0.6) is 0 Å². The lowest BCUT2D eigenvalue weighted by Crippen LogP contribution is -2.32. The van der Waals surface area contributed by atoms with Crippen LogP contribution in [0.25, 0.3) is 0 Å². The largest absolute Gasteiger partial charge is 0.390 e. The number of nitrogens with one attached hydrogen (secondary N) is 1. The van der Waals surface area contributed by atoms with Crippen molar-refractivity contribution in [3.8, 4) is 0 Å². The number of aryl methyl sites for hydroxylation is 1. The third-order valence-corrected chi connectivity index (χ3v) is 3.40. The molecular formula is C15H24ClNO. The predicted octanol–water partition coefficient (Wildman–Crippen LogP) is 3.33. The van der Waals surface area contributed by atoms with E-state index in [0.29, 0.717) is 6.42 Å². The van der Waals surface area contributed by atoms with Crippen LogP contribution in [0, 0.1) is 6.92 Å². The average molecular weight is 270 g/mol. The molecule has 0 saturated carbocycles. The minimum atomic E-state index is -0.709. The molecule has 102 valence electrons. The molecule has 0 spiro atoms. The fourth-order valence-electron chi connectivity index (χ4n) is 1.95. The maximum atomic E-state index is 10.4. The molecule has 0 aromatic heterocycles. The van der Waals surface area contributed by atoms with Crippen molar-refractivity contribution in [2.45, 2.75) is 45.6 Å². The van der Waals surface area contributed by atoms with Gasteiger partial charge in [0.1, 0.15) is 0 Å². The molecule has 18 heavy (non-hydrogen) atoms. The first-order valence-corrected chi connectivity index (χ1v) is 7.00. The van der Waals surface area contributed by atoms with Crippen molar-refractivity contribution in [3.63, 3.8) is 0 Å². The van der Waals surface area contributed by atoms with E-state index in [2.05, 4.69) is 12.2 Å². The van der Waals surface area contributed by atoms with Gasteiger partial charge in [-0.25, -0.2) is 0 Å². The Kier molecular flexibility index (Phi) is 6.13. The van der Waals surface area contributed by atoms with Crippen molar-refractivity contribution < 1.29 is 5.11 Å². The highest BCUT2D eigenvalue weighted by molar-refractivity contribution is 6.31. The van der Waals surface area contributed by atoms with Crippen molar-refractivity contribution in [2.75, 3.05) is 13.1 Å². The summed E-state index contributed by atoms with van der Waals surface area (Å²) in [6.07, 6.45) is 2.45. The van der Waals surface area contributed by atoms with E-state index in [0.717, 1.165) is 42.1 Å². The summed E-state index contributed by atoms with van der Waals surface area (Å²) in [5.74, 6) is 0. The van der Waals surface area contributed by atoms with E-state index in [1.54, 1.807) is 0 Å². The summed E-state index contributed by atoms with van der Waals surface area (Å²) in [5.41, 5.74) is 1.45. The van der Waals surface area contributed by atoms with Crippen molar-refractivity contribution in [1.82, 2.24) is 5.32 Å². The van der Waals surface area contributed by atoms with Crippen LogP contribution in [0.15, 0.2) is 18.2 Å². The second-order valence-electron chi connectivity index (χ2n) is 5.27. The lowest BCUT2D eigenvalue weighted by molar-refractivity contribution is 0.0516. The molecule has 1 atom stereocenters. The van der Waals surface area contributed by atoms with Crippen LogP contribution < -0.4 is 5.32 Å². The van der Waals surface area contributed by atoms with Gasteiger partial charge in [-0.05, 0) is 57.0 Å². The van der Waals surface area contributed by atoms with Gasteiger partial charge in [-0.1, -0.05) is 30.7 Å². The molecule has 1 aromatic carbocycles. The molecule has 3 heteroatoms. The molecule has 0 saturated heterocycles. The first-order chi connectivity index (χ1) is 8.44. The third-order valence-electron chi connectivity index (χ3n) is 3.05. The Morgan fingerprint density at radius 3 is 2.67 bits per heavy atom. The standard InChI is InChI=1S/C15H24ClNO/c1-4-8-17-9-7-15(3,18)11-13-6-5-12(2)10-14(13)16/h5-6,10,17-18H,4,7-9,11H2,1-3H3. The van der Waals surface area contributed by atoms with Crippen LogP contribution in [0.3, 0.4) is 0 Å². The highest BCUT2D eigenvalue weighted by atomic mass is 35.5. The van der Waals surface area contributed by atoms with Gasteiger partial charge in [-0.2, -0.15) is 0 Å². The molecular weight excluding hydrogens is 246 g/mol. The van der Waals surface area contributed by atoms with E-state index < -0.39 is 5.60 Å². The summed E-state index contributed by atoms with van der Waals surface area (Å²) in [5, 5.41) is 14.4. The Bertz CT molecular complexity index is 377. The fourth-order valence-corrected chi connectivity index (χ4v) is 2.26. The van der Waals surface area contributed by atoms with Crippen LogP contribution in [-0.2, 0) is 6.42 Å². The van der Waals surface area contributed by atoms with Gasteiger partial charge >= 0.3 is 0 Å². The predicted molar refractivity (Wildman–Crippen MR) is 78.3 cm³/mol. The van der Waals surface area contributed by atoms with Gasteiger partial charge in [-0.3, -0.25) is 0 Å². The molecule has 1 rings (SSSR count). The van der Waals surface area contributed by atoms with Crippen LogP contribution in [0.1, 0.15) is 37.8 Å². The van der Waals surface area contributed by atoms with Gasteiger partial charge in [-0.15, -0.1) is 0 Å². The molecule has 0 aliphatic heterocycles. The Morgan fingerprint density at radius 2 is 2.06 bits per heavy atom. The molecule has 0 fully saturated rings. The van der Waals surface area contributed by atoms with Crippen molar-refractivity contribution in [3.05, 3.63) is 34.3 Å². The zero-order valence-electron chi connectivity index (χ0n) is 11.6. The zero-order valence-corrected chi connectivity index (χ0v) is 12.3. The molecule has 2 nitrogen and oxygen atoms in total. The molecule has 0 aliphatic carbocycles. The molecule has 2 N–H and O–H groups in total. The maximum absolute atomic E-state index is 10.4. The highest BCUT2D eigenvalue weighted by Crippen LogP contribution is 2.24. The van der Waals surface area contributed by atoms with E-state index in [9.17, 15) is 5.11 Å². The van der Waals surface area contributed by atoms with Crippen LogP contribution in [0.4, 0.5) is 0 Å². The van der Waals surface area contributed by atoms with Gasteiger partial charge in [0, 0.05) is 11.4 Å². The summed E-state index contributed by atoms with van der Waals surface area (Å²) in [6.45, 7) is 7.86. The Balaban J connectivity index is 2.53. The first kappa shape index (κ1) is 15.5. The lowest BCUT2D eigenvalue weighted by Gasteiger charge is -2.24. The molecule has 0 bridgehead atoms. The lowest BCUT2D eigenvalue weighted by atomic mass is 9.93. The molecule has 0 aliphatic rings. The van der Waals surface area contributed by atoms with Crippen LogP contribution >= 0.6 is 11.6 Å². The second kappa shape index (κ2) is 7.13. The van der Waals surface area contributed by atoms with E-state index in [1.165, 1.54) is 0 Å². The molecule has 0 radical (unpaired) electrons. The summed E-state index contributed by atoms with van der Waals surface area (Å²) in [7, 11) is 0. The third kappa shape index (κ3) is 5.38. The summed E-state index contributed by atoms with van der Waals surface area (Å²) >= 11 is 6.19. The summed E-state index contributed by atoms with van der Waals surface area (Å²) in [4.78, 5) is 0. The van der Waals surface area contributed by atoms with E-state index >= 15 is 0 Å². The molecule has 1 unspecified atom stereocenters. The quantitative estimate of drug-likeness (QED) is 0.744. The van der Waals surface area contributed by atoms with Gasteiger partial charge in [0.15, 0.2) is 0 Å². The maximum Gasteiger partial charge on any atom is 0.0672 e. The van der Waals surface area contributed by atoms with E-state index in [-0.39, 0.29) is 0 Å². The monoisotopic (exact) mass is 269 g/mol. The summed E-state index contributed by atoms with van der Waals surface area (Å²) in [6, 6.07) is 5.99. The van der Waals surface area contributed by atoms with E-state index in [1.807, 2.05) is 32.0 Å². The number of halogens is 1. The van der Waals surface area contributed by atoms with Crippen molar-refractivity contribution >= 4 is 11.6 Å². The first-order valence-electron chi connectivity index (χ1n) is 6.63. The molecule has 0 amide bonds. The topological polar surface area (TPSA) is 32.3 Å². The Morgan fingerprint density at radius 1 is 1.33 bits per heavy atom. The minimum Gasteiger partial charge on any atom is -0.390 e. The number of hydrogen-bond acceptors (Lipinski definition) is 2. The smallest absolute Gasteiger partial charge is 0.0672 e. The average Bonchev–Trinajstić information content (AvgIpc) is 2.28. The van der Waals surface area contributed by atoms with Crippen molar-refractivity contribution in [2.24, 2.45) is 0 Å². The van der Waals surface area contributed by atoms with Crippen LogP contribution in [0.2, 0.25) is 5.02 Å². The number of aliphatic hydroxyl groups is 1. The Hall–Kier alpha value is -0.570. The van der Waals surface area contributed by atoms with Gasteiger partial charge < -0.3 is 10.4 Å². The van der Waals surface area contributed by atoms with Crippen molar-refractivity contribution in [1.29, 1.82) is 0 Å². The fraction of sp³-hybridized carbons (Fsp3) is 0.600. The van der Waals surface area contributed by atoms with Gasteiger partial charge in [0.2, 0.25) is 0 Å². The SMILES string of the molecule is CCCNCCC(C)(O)Cc1ccc(C)cc1Cl. The van der Waals surface area contributed by atoms with E-state index in [4.69, 9.17) is 11.6 Å². The molecule has 1 aromatic rings. The number of rotatable bonds is 7.